The average Bonchev–Trinajstić information content (AvgIpc) is 2.35. The number of amides is 1. The van der Waals surface area contributed by atoms with E-state index in [0.717, 1.165) is 0 Å². The molecule has 0 spiro atoms. The van der Waals surface area contributed by atoms with Crippen molar-refractivity contribution in [1.29, 1.82) is 0 Å². The lowest BCUT2D eigenvalue weighted by atomic mass is 10.2. The van der Waals surface area contributed by atoms with Crippen molar-refractivity contribution in [2.75, 3.05) is 5.32 Å². The molecule has 0 fully saturated rings. The Morgan fingerprint density at radius 3 is 2.15 bits per heavy atom. The number of carboxylic acids is 2. The van der Waals surface area contributed by atoms with Gasteiger partial charge in [0.2, 0.25) is 5.91 Å². The van der Waals surface area contributed by atoms with E-state index in [9.17, 15) is 14.4 Å². The Bertz CT molecular complexity index is 581. The van der Waals surface area contributed by atoms with E-state index in [4.69, 9.17) is 10.2 Å². The van der Waals surface area contributed by atoms with Crippen LogP contribution in [0.1, 0.15) is 16.8 Å². The summed E-state index contributed by atoms with van der Waals surface area (Å²) < 4.78 is 0. The summed E-state index contributed by atoms with van der Waals surface area (Å²) in [5, 5.41) is 19.9. The first kappa shape index (κ1) is 15.2. The first-order chi connectivity index (χ1) is 9.49. The Morgan fingerprint density at radius 1 is 0.950 bits per heavy atom. The Balaban J connectivity index is 3.16. The van der Waals surface area contributed by atoms with Gasteiger partial charge in [0.25, 0.3) is 0 Å². The molecule has 1 aromatic carbocycles. The molecule has 0 aliphatic rings. The van der Waals surface area contributed by atoms with Crippen molar-refractivity contribution in [3.05, 3.63) is 54.1 Å². The number of carboxylic acid groups (broad SMARTS) is 2. The van der Waals surface area contributed by atoms with E-state index in [1.807, 2.05) is 0 Å². The number of anilines is 1. The highest BCUT2D eigenvalue weighted by atomic mass is 16.4. The molecule has 0 saturated heterocycles. The maximum atomic E-state index is 11.4. The molecule has 6 heteroatoms. The van der Waals surface area contributed by atoms with Gasteiger partial charge in [0.15, 0.2) is 0 Å². The Labute approximate surface area is 115 Å². The van der Waals surface area contributed by atoms with Gasteiger partial charge >= 0.3 is 11.9 Å². The molecule has 1 aromatic rings. The zero-order chi connectivity index (χ0) is 15.0. The SMILES string of the molecule is O=C(O)CC(=O)Nc1cccccccc(C(=O)O)c1. The third-order valence-corrected chi connectivity index (χ3v) is 2.15. The van der Waals surface area contributed by atoms with Crippen LogP contribution in [0.4, 0.5) is 5.69 Å². The van der Waals surface area contributed by atoms with Crippen molar-refractivity contribution >= 4 is 23.5 Å². The molecule has 0 radical (unpaired) electrons. The van der Waals surface area contributed by atoms with E-state index in [-0.39, 0.29) is 11.3 Å². The lowest BCUT2D eigenvalue weighted by Crippen LogP contribution is -2.15. The molecule has 0 aliphatic heterocycles. The second-order valence-corrected chi connectivity index (χ2v) is 3.77. The van der Waals surface area contributed by atoms with Crippen LogP contribution in [0, 0.1) is 0 Å². The highest BCUT2D eigenvalue weighted by Crippen LogP contribution is 2.07. The largest absolute Gasteiger partial charge is 0.481 e. The monoisotopic (exact) mass is 275 g/mol. The van der Waals surface area contributed by atoms with E-state index in [2.05, 4.69) is 5.32 Å². The summed E-state index contributed by atoms with van der Waals surface area (Å²) in [6.45, 7) is 0. The number of aliphatic carboxylic acids is 1. The first-order valence-corrected chi connectivity index (χ1v) is 5.67. The van der Waals surface area contributed by atoms with Gasteiger partial charge in [-0.3, -0.25) is 9.59 Å². The minimum atomic E-state index is -1.26. The average molecular weight is 275 g/mol. The highest BCUT2D eigenvalue weighted by Gasteiger charge is 2.08. The Hall–Kier alpha value is -2.89. The zero-order valence-corrected chi connectivity index (χ0v) is 10.4. The van der Waals surface area contributed by atoms with Crippen LogP contribution in [-0.4, -0.2) is 28.1 Å². The summed E-state index contributed by atoms with van der Waals surface area (Å²) in [5.74, 6) is -3.14. The molecular weight excluding hydrogens is 262 g/mol. The molecular formula is C14H13NO5. The molecule has 0 atom stereocenters. The molecule has 104 valence electrons. The van der Waals surface area contributed by atoms with E-state index >= 15 is 0 Å². The Morgan fingerprint density at radius 2 is 1.55 bits per heavy atom. The number of rotatable bonds is 4. The van der Waals surface area contributed by atoms with Gasteiger partial charge in [0.1, 0.15) is 6.42 Å². The van der Waals surface area contributed by atoms with Gasteiger partial charge in [-0.1, -0.05) is 30.3 Å². The number of carbonyl (C=O) groups excluding carboxylic acids is 1. The molecule has 0 bridgehead atoms. The lowest BCUT2D eigenvalue weighted by Gasteiger charge is -2.02. The fraction of sp³-hybridized carbons (Fsp3) is 0.0714. The minimum Gasteiger partial charge on any atom is -0.481 e. The van der Waals surface area contributed by atoms with Gasteiger partial charge in [-0.2, -0.15) is 0 Å². The molecule has 6 nitrogen and oxygen atoms in total. The number of aromatic carboxylic acids is 1. The van der Waals surface area contributed by atoms with E-state index in [1.54, 1.807) is 30.3 Å². The van der Waals surface area contributed by atoms with Gasteiger partial charge in [-0.05, 0) is 18.2 Å². The van der Waals surface area contributed by atoms with E-state index < -0.39 is 24.3 Å². The lowest BCUT2D eigenvalue weighted by molar-refractivity contribution is -0.139. The third-order valence-electron chi connectivity index (χ3n) is 2.15. The van der Waals surface area contributed by atoms with Gasteiger partial charge in [0.05, 0.1) is 5.56 Å². The topological polar surface area (TPSA) is 104 Å². The molecule has 0 saturated carbocycles. The van der Waals surface area contributed by atoms with Crippen LogP contribution in [0.2, 0.25) is 0 Å². The molecule has 0 aliphatic carbocycles. The van der Waals surface area contributed by atoms with Crippen LogP contribution < -0.4 is 5.32 Å². The van der Waals surface area contributed by atoms with Crippen LogP contribution in [0.3, 0.4) is 0 Å². The Kier molecular flexibility index (Phi) is 5.71. The zero-order valence-electron chi connectivity index (χ0n) is 10.4. The first-order valence-electron chi connectivity index (χ1n) is 5.67. The second kappa shape index (κ2) is 7.52. The smallest absolute Gasteiger partial charge is 0.335 e. The predicted octanol–water partition coefficient (Wildman–Crippen LogP) is 1.92. The van der Waals surface area contributed by atoms with Gasteiger partial charge in [0, 0.05) is 5.69 Å². The minimum absolute atomic E-state index is 0.0353. The van der Waals surface area contributed by atoms with E-state index in [0.29, 0.717) is 0 Å². The number of carbonyl (C=O) groups is 3. The fourth-order valence-corrected chi connectivity index (χ4v) is 1.33. The quantitative estimate of drug-likeness (QED) is 0.728. The molecule has 0 aromatic heterocycles. The third kappa shape index (κ3) is 5.63. The van der Waals surface area contributed by atoms with Crippen molar-refractivity contribution in [2.24, 2.45) is 0 Å². The van der Waals surface area contributed by atoms with Crippen molar-refractivity contribution in [2.45, 2.75) is 6.42 Å². The summed E-state index contributed by atoms with van der Waals surface area (Å²) in [5.41, 5.74) is 0.164. The van der Waals surface area contributed by atoms with Crippen molar-refractivity contribution < 1.29 is 24.6 Å². The van der Waals surface area contributed by atoms with E-state index in [1.165, 1.54) is 18.2 Å². The van der Waals surface area contributed by atoms with Crippen LogP contribution in [0.25, 0.3) is 0 Å². The number of nitrogens with one attached hydrogen (secondary N) is 1. The second-order valence-electron chi connectivity index (χ2n) is 3.77. The summed E-state index contributed by atoms with van der Waals surface area (Å²) in [6, 6.07) is 12.3. The molecule has 20 heavy (non-hydrogen) atoms. The normalized spacial score (nSPS) is 9.20. The maximum Gasteiger partial charge on any atom is 0.335 e. The van der Waals surface area contributed by atoms with Gasteiger partial charge < -0.3 is 15.5 Å². The standard InChI is InChI=1S/C14H13NO5/c16-12(9-13(17)18)15-11-7-5-3-1-2-4-6-10(8-11)14(19)20/h1-8H,9H2,(H,15,16)(H,17,18)(H,19,20). The summed E-state index contributed by atoms with van der Waals surface area (Å²) >= 11 is 0. The molecule has 0 heterocycles. The van der Waals surface area contributed by atoms with Crippen LogP contribution in [0.15, 0.2) is 48.5 Å². The number of hydrogen-bond acceptors (Lipinski definition) is 3. The van der Waals surface area contributed by atoms with Crippen LogP contribution >= 0.6 is 0 Å². The van der Waals surface area contributed by atoms with Gasteiger partial charge in [-0.15, -0.1) is 0 Å². The van der Waals surface area contributed by atoms with Crippen molar-refractivity contribution in [3.63, 3.8) is 0 Å². The maximum absolute atomic E-state index is 11.4. The van der Waals surface area contributed by atoms with Crippen LogP contribution in [-0.2, 0) is 9.59 Å². The molecule has 3 N–H and O–H groups in total. The highest BCUT2D eigenvalue weighted by molar-refractivity contribution is 6.01. The summed E-state index contributed by atoms with van der Waals surface area (Å²) in [7, 11) is 0. The van der Waals surface area contributed by atoms with Gasteiger partial charge in [-0.25, -0.2) is 4.79 Å². The number of hydrogen-bond donors (Lipinski definition) is 3. The predicted molar refractivity (Wildman–Crippen MR) is 71.9 cm³/mol. The van der Waals surface area contributed by atoms with Crippen molar-refractivity contribution in [1.82, 2.24) is 0 Å². The van der Waals surface area contributed by atoms with Crippen LogP contribution in [0.5, 0.6) is 0 Å². The van der Waals surface area contributed by atoms with Crippen molar-refractivity contribution in [3.8, 4) is 0 Å². The molecule has 0 unspecified atom stereocenters. The fourth-order valence-electron chi connectivity index (χ4n) is 1.33. The summed E-state index contributed by atoms with van der Waals surface area (Å²) in [4.78, 5) is 32.8. The molecule has 1 amide bonds. The summed E-state index contributed by atoms with van der Waals surface area (Å²) in [6.07, 6.45) is -0.687. The molecule has 1 rings (SSSR count).